The van der Waals surface area contributed by atoms with Gasteiger partial charge in [-0.25, -0.2) is 0 Å². The summed E-state index contributed by atoms with van der Waals surface area (Å²) >= 11 is 0. The van der Waals surface area contributed by atoms with Crippen LogP contribution in [0.5, 0.6) is 0 Å². The number of anilines is 1. The van der Waals surface area contributed by atoms with Crippen LogP contribution in [0, 0.1) is 12.8 Å². The van der Waals surface area contributed by atoms with Crippen molar-refractivity contribution in [3.8, 4) is 0 Å². The van der Waals surface area contributed by atoms with E-state index in [9.17, 15) is 5.11 Å². The fourth-order valence-electron chi connectivity index (χ4n) is 1.86. The summed E-state index contributed by atoms with van der Waals surface area (Å²) in [7, 11) is 2.07. The Balaban J connectivity index is 2.92. The number of hydrogen-bond acceptors (Lipinski definition) is 2. The van der Waals surface area contributed by atoms with E-state index < -0.39 is 0 Å². The van der Waals surface area contributed by atoms with Gasteiger partial charge in [-0.1, -0.05) is 31.5 Å². The monoisotopic (exact) mass is 207 g/mol. The maximum Gasteiger partial charge on any atom is 0.0702 e. The molecular weight excluding hydrogens is 186 g/mol. The highest BCUT2D eigenvalue weighted by molar-refractivity contribution is 5.54. The Kier molecular flexibility index (Phi) is 4.15. The largest absolute Gasteiger partial charge is 0.392 e. The van der Waals surface area contributed by atoms with Gasteiger partial charge in [-0.3, -0.25) is 0 Å². The molecule has 2 heteroatoms. The molecular formula is C13H21NO. The van der Waals surface area contributed by atoms with Gasteiger partial charge in [-0.15, -0.1) is 0 Å². The van der Waals surface area contributed by atoms with Crippen molar-refractivity contribution < 1.29 is 5.11 Å². The molecule has 0 heterocycles. The molecule has 84 valence electrons. The van der Waals surface area contributed by atoms with Gasteiger partial charge in [-0.2, -0.15) is 0 Å². The summed E-state index contributed by atoms with van der Waals surface area (Å²) in [5.74, 6) is 0.628. The Morgan fingerprint density at radius 2 is 2.00 bits per heavy atom. The molecule has 0 aliphatic carbocycles. The molecule has 0 atom stereocenters. The molecule has 0 bridgehead atoms. The number of aliphatic hydroxyl groups excluding tert-OH is 1. The van der Waals surface area contributed by atoms with E-state index in [1.807, 2.05) is 13.0 Å². The minimum absolute atomic E-state index is 0.111. The first-order valence-corrected chi connectivity index (χ1v) is 5.46. The molecule has 0 aliphatic rings. The van der Waals surface area contributed by atoms with Crippen molar-refractivity contribution in [3.05, 3.63) is 29.3 Å². The Morgan fingerprint density at radius 3 is 2.53 bits per heavy atom. The first-order valence-electron chi connectivity index (χ1n) is 5.46. The lowest BCUT2D eigenvalue weighted by molar-refractivity contribution is 0.282. The fraction of sp³-hybridized carbons (Fsp3) is 0.538. The highest BCUT2D eigenvalue weighted by Gasteiger charge is 2.08. The van der Waals surface area contributed by atoms with E-state index in [0.29, 0.717) is 5.92 Å². The summed E-state index contributed by atoms with van der Waals surface area (Å²) in [6, 6.07) is 6.22. The van der Waals surface area contributed by atoms with E-state index in [2.05, 4.69) is 37.9 Å². The molecule has 1 aromatic carbocycles. The first kappa shape index (κ1) is 12.1. The lowest BCUT2D eigenvalue weighted by Gasteiger charge is -2.24. The van der Waals surface area contributed by atoms with Crippen LogP contribution in [-0.2, 0) is 6.61 Å². The number of aliphatic hydroxyl groups is 1. The van der Waals surface area contributed by atoms with Crippen molar-refractivity contribution in [1.82, 2.24) is 0 Å². The summed E-state index contributed by atoms with van der Waals surface area (Å²) < 4.78 is 0. The van der Waals surface area contributed by atoms with Crippen LogP contribution < -0.4 is 4.90 Å². The van der Waals surface area contributed by atoms with Crippen LogP contribution >= 0.6 is 0 Å². The predicted octanol–water partition coefficient (Wildman–Crippen LogP) is 2.58. The third kappa shape index (κ3) is 3.24. The van der Waals surface area contributed by atoms with Gasteiger partial charge < -0.3 is 10.0 Å². The topological polar surface area (TPSA) is 23.5 Å². The van der Waals surface area contributed by atoms with E-state index >= 15 is 0 Å². The van der Waals surface area contributed by atoms with E-state index in [0.717, 1.165) is 17.8 Å². The highest BCUT2D eigenvalue weighted by atomic mass is 16.3. The summed E-state index contributed by atoms with van der Waals surface area (Å²) in [5.41, 5.74) is 3.34. The molecule has 2 nitrogen and oxygen atoms in total. The molecule has 0 saturated heterocycles. The summed E-state index contributed by atoms with van der Waals surface area (Å²) in [6.45, 7) is 7.56. The van der Waals surface area contributed by atoms with Crippen molar-refractivity contribution >= 4 is 5.69 Å². The second kappa shape index (κ2) is 5.17. The molecule has 15 heavy (non-hydrogen) atoms. The van der Waals surface area contributed by atoms with Crippen LogP contribution in [0.2, 0.25) is 0 Å². The van der Waals surface area contributed by atoms with Gasteiger partial charge in [0.05, 0.1) is 6.61 Å². The average molecular weight is 207 g/mol. The van der Waals surface area contributed by atoms with Gasteiger partial charge in [0.15, 0.2) is 0 Å². The number of benzene rings is 1. The third-order valence-electron chi connectivity index (χ3n) is 2.46. The van der Waals surface area contributed by atoms with Crippen LogP contribution in [0.4, 0.5) is 5.69 Å². The number of hydrogen-bond donors (Lipinski definition) is 1. The quantitative estimate of drug-likeness (QED) is 0.820. The van der Waals surface area contributed by atoms with Crippen molar-refractivity contribution in [1.29, 1.82) is 0 Å². The minimum Gasteiger partial charge on any atom is -0.392 e. The van der Waals surface area contributed by atoms with Gasteiger partial charge in [0.25, 0.3) is 0 Å². The molecule has 1 aromatic rings. The number of aryl methyl sites for hydroxylation is 1. The molecule has 1 rings (SSSR count). The molecule has 0 fully saturated rings. The minimum atomic E-state index is 0.111. The molecule has 0 saturated carbocycles. The number of rotatable bonds is 4. The van der Waals surface area contributed by atoms with Crippen LogP contribution in [-0.4, -0.2) is 18.7 Å². The lowest BCUT2D eigenvalue weighted by Crippen LogP contribution is -2.23. The molecule has 0 aromatic heterocycles. The van der Waals surface area contributed by atoms with Gasteiger partial charge in [0.1, 0.15) is 0 Å². The second-order valence-corrected chi connectivity index (χ2v) is 4.56. The van der Waals surface area contributed by atoms with Gasteiger partial charge in [-0.05, 0) is 18.9 Å². The standard InChI is InChI=1S/C13H21NO/c1-10(2)8-14(4)13-6-5-11(3)7-12(13)9-15/h5-7,10,15H,8-9H2,1-4H3. The van der Waals surface area contributed by atoms with E-state index in [1.54, 1.807) is 0 Å². The van der Waals surface area contributed by atoms with Crippen molar-refractivity contribution in [2.24, 2.45) is 5.92 Å². The van der Waals surface area contributed by atoms with Crippen LogP contribution in [0.25, 0.3) is 0 Å². The highest BCUT2D eigenvalue weighted by Crippen LogP contribution is 2.21. The summed E-state index contributed by atoms with van der Waals surface area (Å²) in [5, 5.41) is 9.30. The maximum absolute atomic E-state index is 9.30. The summed E-state index contributed by atoms with van der Waals surface area (Å²) in [4.78, 5) is 2.20. The van der Waals surface area contributed by atoms with Gasteiger partial charge in [0, 0.05) is 24.8 Å². The fourth-order valence-corrected chi connectivity index (χ4v) is 1.86. The maximum atomic E-state index is 9.30. The van der Waals surface area contributed by atoms with Gasteiger partial charge in [0.2, 0.25) is 0 Å². The normalized spacial score (nSPS) is 10.8. The molecule has 0 radical (unpaired) electrons. The van der Waals surface area contributed by atoms with Crippen molar-refractivity contribution in [2.45, 2.75) is 27.4 Å². The third-order valence-corrected chi connectivity index (χ3v) is 2.46. The Bertz CT molecular complexity index is 320. The Morgan fingerprint density at radius 1 is 1.33 bits per heavy atom. The van der Waals surface area contributed by atoms with Crippen LogP contribution in [0.1, 0.15) is 25.0 Å². The molecule has 0 aliphatic heterocycles. The number of nitrogens with zero attached hydrogens (tertiary/aromatic N) is 1. The zero-order chi connectivity index (χ0) is 11.4. The average Bonchev–Trinajstić information content (AvgIpc) is 2.16. The van der Waals surface area contributed by atoms with E-state index in [-0.39, 0.29) is 6.61 Å². The zero-order valence-electron chi connectivity index (χ0n) is 10.1. The van der Waals surface area contributed by atoms with Crippen molar-refractivity contribution in [2.75, 3.05) is 18.5 Å². The lowest BCUT2D eigenvalue weighted by atomic mass is 10.1. The Labute approximate surface area is 92.5 Å². The Hall–Kier alpha value is -1.02. The first-order chi connectivity index (χ1) is 7.04. The molecule has 0 amide bonds. The van der Waals surface area contributed by atoms with E-state index in [4.69, 9.17) is 0 Å². The second-order valence-electron chi connectivity index (χ2n) is 4.56. The molecule has 0 spiro atoms. The van der Waals surface area contributed by atoms with E-state index in [1.165, 1.54) is 5.56 Å². The van der Waals surface area contributed by atoms with Crippen LogP contribution in [0.3, 0.4) is 0 Å². The summed E-state index contributed by atoms with van der Waals surface area (Å²) in [6.07, 6.45) is 0. The predicted molar refractivity (Wildman–Crippen MR) is 65.2 cm³/mol. The zero-order valence-corrected chi connectivity index (χ0v) is 10.1. The SMILES string of the molecule is Cc1ccc(N(C)CC(C)C)c(CO)c1. The smallest absolute Gasteiger partial charge is 0.0702 e. The van der Waals surface area contributed by atoms with Crippen LogP contribution in [0.15, 0.2) is 18.2 Å². The van der Waals surface area contributed by atoms with Gasteiger partial charge >= 0.3 is 0 Å². The van der Waals surface area contributed by atoms with Crippen molar-refractivity contribution in [3.63, 3.8) is 0 Å². The molecule has 1 N–H and O–H groups in total. The molecule has 0 unspecified atom stereocenters.